The van der Waals surface area contributed by atoms with Gasteiger partial charge in [0, 0.05) is 42.3 Å². The lowest BCUT2D eigenvalue weighted by Crippen LogP contribution is -2.47. The van der Waals surface area contributed by atoms with Crippen molar-refractivity contribution in [3.63, 3.8) is 0 Å². The van der Waals surface area contributed by atoms with Gasteiger partial charge < -0.3 is 24.0 Å². The first-order valence-corrected chi connectivity index (χ1v) is 13.9. The molecule has 0 bridgehead atoms. The van der Waals surface area contributed by atoms with Crippen molar-refractivity contribution in [1.29, 1.82) is 0 Å². The standard InChI is InChI=1S/C29H33ClN2O5S/c1-4-37-16-5-14-31(29(34)23-11-10-22(35-2)18-25(23)36-3)19-27(33)32-15-12-26-24(13-17-38-26)28(32)20-6-8-21(30)9-7-20/h6-11,13,17-18,28H,4-5,12,14-16,19H2,1-3H3/t28-/m0/s1. The molecule has 0 N–H and O–H groups in total. The first kappa shape index (κ1) is 28.0. The van der Waals surface area contributed by atoms with Crippen molar-refractivity contribution in [2.45, 2.75) is 25.8 Å². The summed E-state index contributed by atoms with van der Waals surface area (Å²) in [5.41, 5.74) is 2.50. The predicted molar refractivity (Wildman–Crippen MR) is 150 cm³/mol. The molecule has 1 aliphatic heterocycles. The van der Waals surface area contributed by atoms with Gasteiger partial charge in [0.25, 0.3) is 5.91 Å². The van der Waals surface area contributed by atoms with Crippen LogP contribution in [-0.4, -0.2) is 68.7 Å². The van der Waals surface area contributed by atoms with Crippen LogP contribution in [0.2, 0.25) is 5.02 Å². The van der Waals surface area contributed by atoms with Gasteiger partial charge in [0.2, 0.25) is 5.91 Å². The molecular formula is C29H33ClN2O5S. The molecule has 0 fully saturated rings. The Kier molecular flexibility index (Phi) is 9.66. The normalized spacial score (nSPS) is 14.6. The van der Waals surface area contributed by atoms with Gasteiger partial charge in [-0.1, -0.05) is 23.7 Å². The minimum atomic E-state index is -0.273. The Hall–Kier alpha value is -3.07. The highest BCUT2D eigenvalue weighted by molar-refractivity contribution is 7.10. The zero-order valence-electron chi connectivity index (χ0n) is 21.9. The molecule has 0 aliphatic carbocycles. The molecule has 0 saturated carbocycles. The maximum Gasteiger partial charge on any atom is 0.258 e. The Morgan fingerprint density at radius 3 is 2.61 bits per heavy atom. The molecule has 2 amide bonds. The summed E-state index contributed by atoms with van der Waals surface area (Å²) < 4.78 is 16.3. The number of amides is 2. The molecule has 7 nitrogen and oxygen atoms in total. The third kappa shape index (κ3) is 6.31. The predicted octanol–water partition coefficient (Wildman–Crippen LogP) is 5.46. The van der Waals surface area contributed by atoms with Crippen LogP contribution < -0.4 is 9.47 Å². The Bertz CT molecular complexity index is 1250. The molecule has 2 aromatic carbocycles. The van der Waals surface area contributed by atoms with E-state index in [1.165, 1.54) is 12.0 Å². The number of fused-ring (bicyclic) bond motifs is 1. The van der Waals surface area contributed by atoms with Crippen LogP contribution in [0.5, 0.6) is 11.5 Å². The maximum atomic E-state index is 13.9. The van der Waals surface area contributed by atoms with Gasteiger partial charge >= 0.3 is 0 Å². The van der Waals surface area contributed by atoms with Crippen LogP contribution >= 0.6 is 22.9 Å². The lowest BCUT2D eigenvalue weighted by molar-refractivity contribution is -0.134. The fourth-order valence-electron chi connectivity index (χ4n) is 4.74. The molecule has 38 heavy (non-hydrogen) atoms. The van der Waals surface area contributed by atoms with Gasteiger partial charge in [-0.2, -0.15) is 0 Å². The molecule has 9 heteroatoms. The summed E-state index contributed by atoms with van der Waals surface area (Å²) in [5.74, 6) is 0.601. The number of benzene rings is 2. The number of carbonyl (C=O) groups excluding carboxylic acids is 2. The van der Waals surface area contributed by atoms with Crippen molar-refractivity contribution >= 4 is 34.8 Å². The van der Waals surface area contributed by atoms with Crippen LogP contribution in [0.15, 0.2) is 53.9 Å². The van der Waals surface area contributed by atoms with Gasteiger partial charge in [0.1, 0.15) is 18.0 Å². The van der Waals surface area contributed by atoms with Gasteiger partial charge in [-0.05, 0) is 66.6 Å². The zero-order valence-corrected chi connectivity index (χ0v) is 23.5. The van der Waals surface area contributed by atoms with E-state index < -0.39 is 0 Å². The van der Waals surface area contributed by atoms with E-state index in [4.69, 9.17) is 25.8 Å². The molecule has 0 radical (unpaired) electrons. The SMILES string of the molecule is CCOCCCN(CC(=O)N1CCc2sccc2[C@@H]1c1ccc(Cl)cc1)C(=O)c1ccc(OC)cc1OC. The summed E-state index contributed by atoms with van der Waals surface area (Å²) in [4.78, 5) is 32.4. The van der Waals surface area contributed by atoms with Crippen molar-refractivity contribution < 1.29 is 23.8 Å². The third-order valence-electron chi connectivity index (χ3n) is 6.65. The summed E-state index contributed by atoms with van der Waals surface area (Å²) in [7, 11) is 3.07. The molecule has 1 aliphatic rings. The minimum absolute atomic E-state index is 0.0519. The van der Waals surface area contributed by atoms with Crippen LogP contribution in [0, 0.1) is 0 Å². The molecule has 0 saturated heterocycles. The minimum Gasteiger partial charge on any atom is -0.497 e. The Morgan fingerprint density at radius 1 is 1.11 bits per heavy atom. The van der Waals surface area contributed by atoms with Crippen LogP contribution in [-0.2, 0) is 16.0 Å². The van der Waals surface area contributed by atoms with Crippen LogP contribution in [0.25, 0.3) is 0 Å². The Morgan fingerprint density at radius 2 is 1.89 bits per heavy atom. The molecular weight excluding hydrogens is 524 g/mol. The molecule has 1 atom stereocenters. The summed E-state index contributed by atoms with van der Waals surface area (Å²) in [6, 6.07) is 14.5. The van der Waals surface area contributed by atoms with Crippen molar-refractivity contribution in [3.05, 3.63) is 80.5 Å². The van der Waals surface area contributed by atoms with Crippen LogP contribution in [0.4, 0.5) is 0 Å². The van der Waals surface area contributed by atoms with E-state index in [0.717, 1.165) is 17.5 Å². The topological polar surface area (TPSA) is 68.3 Å². The summed E-state index contributed by atoms with van der Waals surface area (Å²) in [6.07, 6.45) is 1.40. The second-order valence-electron chi connectivity index (χ2n) is 8.93. The lowest BCUT2D eigenvalue weighted by atomic mass is 9.93. The smallest absolute Gasteiger partial charge is 0.258 e. The number of ether oxygens (including phenoxy) is 3. The number of methoxy groups -OCH3 is 2. The number of nitrogens with zero attached hydrogens (tertiary/aromatic N) is 2. The van der Waals surface area contributed by atoms with Crippen LogP contribution in [0.1, 0.15) is 45.7 Å². The second kappa shape index (κ2) is 13.1. The van der Waals surface area contributed by atoms with Gasteiger partial charge in [-0.25, -0.2) is 0 Å². The summed E-state index contributed by atoms with van der Waals surface area (Å²) in [6.45, 7) is 3.93. The fourth-order valence-corrected chi connectivity index (χ4v) is 5.77. The number of halogens is 1. The molecule has 0 spiro atoms. The molecule has 4 rings (SSSR count). The number of rotatable bonds is 11. The monoisotopic (exact) mass is 556 g/mol. The average Bonchev–Trinajstić information content (AvgIpc) is 3.43. The third-order valence-corrected chi connectivity index (χ3v) is 7.89. The first-order valence-electron chi connectivity index (χ1n) is 12.7. The first-order chi connectivity index (χ1) is 18.5. The van der Waals surface area contributed by atoms with E-state index in [9.17, 15) is 9.59 Å². The highest BCUT2D eigenvalue weighted by atomic mass is 35.5. The van der Waals surface area contributed by atoms with E-state index in [1.54, 1.807) is 41.5 Å². The van der Waals surface area contributed by atoms with E-state index in [-0.39, 0.29) is 24.4 Å². The maximum absolute atomic E-state index is 13.9. The van der Waals surface area contributed by atoms with Gasteiger partial charge in [0.15, 0.2) is 0 Å². The summed E-state index contributed by atoms with van der Waals surface area (Å²) >= 11 is 7.87. The number of hydrogen-bond acceptors (Lipinski definition) is 6. The lowest BCUT2D eigenvalue weighted by Gasteiger charge is -2.37. The Balaban J connectivity index is 1.61. The van der Waals surface area contributed by atoms with E-state index in [2.05, 4.69) is 11.4 Å². The molecule has 0 unspecified atom stereocenters. The van der Waals surface area contributed by atoms with E-state index >= 15 is 0 Å². The van der Waals surface area contributed by atoms with Gasteiger partial charge in [0.05, 0.1) is 25.8 Å². The van der Waals surface area contributed by atoms with Gasteiger partial charge in [-0.15, -0.1) is 11.3 Å². The highest BCUT2D eigenvalue weighted by Gasteiger charge is 2.34. The van der Waals surface area contributed by atoms with Crippen molar-refractivity contribution in [2.75, 3.05) is 47.1 Å². The number of thiophene rings is 1. The van der Waals surface area contributed by atoms with E-state index in [1.807, 2.05) is 36.1 Å². The van der Waals surface area contributed by atoms with Crippen molar-refractivity contribution in [1.82, 2.24) is 9.80 Å². The van der Waals surface area contributed by atoms with Crippen molar-refractivity contribution in [3.8, 4) is 11.5 Å². The van der Waals surface area contributed by atoms with Crippen molar-refractivity contribution in [2.24, 2.45) is 0 Å². The van der Waals surface area contributed by atoms with Gasteiger partial charge in [-0.3, -0.25) is 9.59 Å². The number of hydrogen-bond donors (Lipinski definition) is 0. The molecule has 3 aromatic rings. The van der Waals surface area contributed by atoms with E-state index in [0.29, 0.717) is 54.8 Å². The second-order valence-corrected chi connectivity index (χ2v) is 10.4. The zero-order chi connectivity index (χ0) is 27.1. The molecule has 1 aromatic heterocycles. The highest BCUT2D eigenvalue weighted by Crippen LogP contribution is 2.38. The largest absolute Gasteiger partial charge is 0.497 e. The fraction of sp³-hybridized carbons (Fsp3) is 0.379. The number of carbonyl (C=O) groups is 2. The van der Waals surface area contributed by atoms with Crippen LogP contribution in [0.3, 0.4) is 0 Å². The summed E-state index contributed by atoms with van der Waals surface area (Å²) in [5, 5.41) is 2.72. The average molecular weight is 557 g/mol. The Labute approximate surface area is 232 Å². The quantitative estimate of drug-likeness (QED) is 0.293. The molecule has 202 valence electrons. The molecule has 2 heterocycles.